The molecule has 3 aromatic rings. The van der Waals surface area contributed by atoms with Gasteiger partial charge >= 0.3 is 12.2 Å². The van der Waals surface area contributed by atoms with Crippen molar-refractivity contribution in [1.82, 2.24) is 0 Å². The van der Waals surface area contributed by atoms with Crippen LogP contribution in [0.5, 0.6) is 0 Å². The van der Waals surface area contributed by atoms with E-state index in [-0.39, 0.29) is 19.6 Å². The van der Waals surface area contributed by atoms with Crippen molar-refractivity contribution in [2.45, 2.75) is 41.4 Å². The topological polar surface area (TPSA) is 83.8 Å². The Hall–Kier alpha value is -3.13. The SMILES string of the molecule is C[C@@H]1CC(O)(c2ccc(Sc3ccccc3)cc2)C[N+]1(C(=O)O)C(=O)OCc1ccccc1. The molecule has 0 bridgehead atoms. The summed E-state index contributed by atoms with van der Waals surface area (Å²) in [6, 6.07) is 25.8. The number of hydrogen-bond donors (Lipinski definition) is 2. The minimum absolute atomic E-state index is 0.0243. The summed E-state index contributed by atoms with van der Waals surface area (Å²) >= 11 is 1.60. The second kappa shape index (κ2) is 9.39. The van der Waals surface area contributed by atoms with Crippen molar-refractivity contribution < 1.29 is 29.0 Å². The number of hydrogen-bond acceptors (Lipinski definition) is 5. The first-order valence-corrected chi connectivity index (χ1v) is 11.5. The predicted octanol–water partition coefficient (Wildman–Crippen LogP) is 5.65. The van der Waals surface area contributed by atoms with Crippen LogP contribution in [0.2, 0.25) is 0 Å². The highest BCUT2D eigenvalue weighted by Crippen LogP contribution is 2.42. The number of carbonyl (C=O) groups excluding carboxylic acids is 1. The number of aliphatic hydroxyl groups is 1. The fourth-order valence-electron chi connectivity index (χ4n) is 4.36. The first-order valence-electron chi connectivity index (χ1n) is 10.7. The molecule has 0 aliphatic carbocycles. The zero-order valence-corrected chi connectivity index (χ0v) is 19.1. The molecule has 170 valence electrons. The number of benzene rings is 3. The molecule has 0 aromatic heterocycles. The molecule has 0 spiro atoms. The van der Waals surface area contributed by atoms with Gasteiger partial charge in [-0.3, -0.25) is 0 Å². The van der Waals surface area contributed by atoms with Crippen molar-refractivity contribution in [3.05, 3.63) is 96.1 Å². The molecule has 2 unspecified atom stereocenters. The summed E-state index contributed by atoms with van der Waals surface area (Å²) in [6.07, 6.45) is -2.07. The zero-order valence-electron chi connectivity index (χ0n) is 18.3. The Kier molecular flexibility index (Phi) is 6.56. The first kappa shape index (κ1) is 23.0. The number of ether oxygens (including phenoxy) is 1. The van der Waals surface area contributed by atoms with E-state index in [0.717, 1.165) is 15.4 Å². The van der Waals surface area contributed by atoms with E-state index >= 15 is 0 Å². The fourth-order valence-corrected chi connectivity index (χ4v) is 5.20. The number of quaternary nitrogens is 1. The molecule has 1 saturated heterocycles. The van der Waals surface area contributed by atoms with Gasteiger partial charge in [-0.1, -0.05) is 72.4 Å². The number of rotatable bonds is 5. The van der Waals surface area contributed by atoms with Gasteiger partial charge in [-0.05, 0) is 42.3 Å². The van der Waals surface area contributed by atoms with Gasteiger partial charge in [-0.2, -0.15) is 9.59 Å². The van der Waals surface area contributed by atoms with Crippen LogP contribution in [0.4, 0.5) is 9.59 Å². The van der Waals surface area contributed by atoms with Crippen LogP contribution < -0.4 is 0 Å². The molecule has 1 aliphatic rings. The van der Waals surface area contributed by atoms with E-state index < -0.39 is 28.3 Å². The van der Waals surface area contributed by atoms with E-state index in [1.54, 1.807) is 43.0 Å². The van der Waals surface area contributed by atoms with E-state index in [1.807, 2.05) is 60.7 Å². The Morgan fingerprint density at radius 1 is 0.970 bits per heavy atom. The Morgan fingerprint density at radius 3 is 2.15 bits per heavy atom. The summed E-state index contributed by atoms with van der Waals surface area (Å²) in [5.74, 6) is 0. The molecule has 0 radical (unpaired) electrons. The molecule has 33 heavy (non-hydrogen) atoms. The highest BCUT2D eigenvalue weighted by atomic mass is 32.2. The highest BCUT2D eigenvalue weighted by molar-refractivity contribution is 7.99. The smallest absolute Gasteiger partial charge is 0.435 e. The molecule has 1 fully saturated rings. The van der Waals surface area contributed by atoms with E-state index in [4.69, 9.17) is 4.74 Å². The largest absolute Gasteiger partial charge is 0.527 e. The quantitative estimate of drug-likeness (QED) is 0.475. The molecule has 6 nitrogen and oxygen atoms in total. The van der Waals surface area contributed by atoms with Crippen molar-refractivity contribution in [3.8, 4) is 0 Å². The molecular weight excluding hydrogens is 438 g/mol. The number of likely N-dealkylation sites (tertiary alicyclic amines) is 1. The molecule has 1 heterocycles. The number of carboxylic acid groups (broad SMARTS) is 1. The van der Waals surface area contributed by atoms with Crippen LogP contribution in [0.3, 0.4) is 0 Å². The summed E-state index contributed by atoms with van der Waals surface area (Å²) < 4.78 is 4.43. The van der Waals surface area contributed by atoms with Crippen molar-refractivity contribution in [1.29, 1.82) is 0 Å². The highest BCUT2D eigenvalue weighted by Gasteiger charge is 2.64. The van der Waals surface area contributed by atoms with Crippen LogP contribution in [0, 0.1) is 0 Å². The van der Waals surface area contributed by atoms with Crippen LogP contribution >= 0.6 is 11.8 Å². The van der Waals surface area contributed by atoms with E-state index in [2.05, 4.69) is 0 Å². The van der Waals surface area contributed by atoms with Gasteiger partial charge in [0.15, 0.2) is 0 Å². The maximum atomic E-state index is 13.0. The van der Waals surface area contributed by atoms with Gasteiger partial charge in [0.2, 0.25) is 0 Å². The van der Waals surface area contributed by atoms with E-state index in [1.165, 1.54) is 0 Å². The monoisotopic (exact) mass is 464 g/mol. The number of amides is 2. The average Bonchev–Trinajstić information content (AvgIpc) is 3.12. The van der Waals surface area contributed by atoms with Crippen molar-refractivity contribution in [3.63, 3.8) is 0 Å². The third-order valence-corrected chi connectivity index (χ3v) is 7.16. The number of nitrogens with zero attached hydrogens (tertiary/aromatic N) is 1. The summed E-state index contributed by atoms with van der Waals surface area (Å²) in [5, 5.41) is 21.5. The van der Waals surface area contributed by atoms with Gasteiger partial charge in [0.05, 0.1) is 0 Å². The van der Waals surface area contributed by atoms with E-state index in [0.29, 0.717) is 5.56 Å². The molecule has 4 rings (SSSR count). The van der Waals surface area contributed by atoms with Crippen LogP contribution in [-0.2, 0) is 16.9 Å². The fraction of sp³-hybridized carbons (Fsp3) is 0.231. The van der Waals surface area contributed by atoms with Crippen LogP contribution in [-0.4, -0.2) is 39.5 Å². The second-order valence-corrected chi connectivity index (χ2v) is 9.52. The van der Waals surface area contributed by atoms with Crippen LogP contribution in [0.25, 0.3) is 0 Å². The lowest BCUT2D eigenvalue weighted by atomic mass is 9.91. The normalized spacial score (nSPS) is 24.4. The van der Waals surface area contributed by atoms with Crippen LogP contribution in [0.15, 0.2) is 94.7 Å². The molecule has 0 saturated carbocycles. The third kappa shape index (κ3) is 4.66. The van der Waals surface area contributed by atoms with Crippen molar-refractivity contribution in [2.75, 3.05) is 6.54 Å². The number of imide groups is 1. The summed E-state index contributed by atoms with van der Waals surface area (Å²) in [5.41, 5.74) is -0.105. The van der Waals surface area contributed by atoms with Crippen molar-refractivity contribution >= 4 is 23.9 Å². The Labute approximate surface area is 197 Å². The Balaban J connectivity index is 1.53. The first-order chi connectivity index (χ1) is 15.8. The molecule has 3 aromatic carbocycles. The van der Waals surface area contributed by atoms with E-state index in [9.17, 15) is 19.8 Å². The lowest BCUT2D eigenvalue weighted by Gasteiger charge is -2.29. The molecule has 7 heteroatoms. The maximum Gasteiger partial charge on any atom is 0.527 e. The second-order valence-electron chi connectivity index (χ2n) is 8.37. The molecule has 2 amide bonds. The zero-order chi connectivity index (χ0) is 23.5. The van der Waals surface area contributed by atoms with Crippen molar-refractivity contribution in [2.24, 2.45) is 0 Å². The Morgan fingerprint density at radius 2 is 1.55 bits per heavy atom. The summed E-state index contributed by atoms with van der Waals surface area (Å²) in [7, 11) is 0. The minimum atomic E-state index is -1.46. The van der Waals surface area contributed by atoms with Gasteiger partial charge in [-0.25, -0.2) is 0 Å². The summed E-state index contributed by atoms with van der Waals surface area (Å²) in [6.45, 7) is 1.35. The predicted molar refractivity (Wildman–Crippen MR) is 125 cm³/mol. The van der Waals surface area contributed by atoms with Gasteiger partial charge in [0.25, 0.3) is 0 Å². The van der Waals surface area contributed by atoms with Gasteiger partial charge in [0.1, 0.15) is 24.8 Å². The lowest BCUT2D eigenvalue weighted by Crippen LogP contribution is -2.59. The third-order valence-electron chi connectivity index (χ3n) is 6.14. The minimum Gasteiger partial charge on any atom is -0.435 e. The van der Waals surface area contributed by atoms with Gasteiger partial charge in [-0.15, -0.1) is 4.48 Å². The van der Waals surface area contributed by atoms with Crippen LogP contribution in [0.1, 0.15) is 24.5 Å². The average molecular weight is 465 g/mol. The molecule has 1 aliphatic heterocycles. The standard InChI is InChI=1S/C26H25NO5S/c1-19-16-26(31,21-12-14-23(15-13-21)33-22-10-6-3-7-11-22)18-27(19,24(28)29)25(30)32-17-20-8-4-2-5-9-20/h2-15,19,31H,16-18H2,1H3/p+1/t19-,26?,27?/m1/s1. The Bertz CT molecular complexity index is 1120. The molecular formula is C26H26NO5S+. The van der Waals surface area contributed by atoms with Gasteiger partial charge in [0, 0.05) is 16.2 Å². The summed E-state index contributed by atoms with van der Waals surface area (Å²) in [4.78, 5) is 27.4. The number of carbonyl (C=O) groups is 2. The molecule has 2 N–H and O–H groups in total. The van der Waals surface area contributed by atoms with Gasteiger partial charge < -0.3 is 14.9 Å². The maximum absolute atomic E-state index is 13.0. The lowest BCUT2D eigenvalue weighted by molar-refractivity contribution is -0.799. The molecule has 3 atom stereocenters.